The van der Waals surface area contributed by atoms with E-state index in [9.17, 15) is 0 Å². The van der Waals surface area contributed by atoms with Gasteiger partial charge in [-0.15, -0.1) is 0 Å². The average molecular weight is 384 g/mol. The first-order chi connectivity index (χ1) is 9.21. The summed E-state index contributed by atoms with van der Waals surface area (Å²) in [5, 5.41) is 0.701. The lowest BCUT2D eigenvalue weighted by Crippen LogP contribution is -2.52. The van der Waals surface area contributed by atoms with Crippen molar-refractivity contribution < 1.29 is 0 Å². The number of hydrogen-bond acceptors (Lipinski definition) is 0. The van der Waals surface area contributed by atoms with E-state index in [1.807, 2.05) is 0 Å². The molecule has 22 heavy (non-hydrogen) atoms. The summed E-state index contributed by atoms with van der Waals surface area (Å²) in [7, 11) is -3.99. The van der Waals surface area contributed by atoms with Gasteiger partial charge in [0, 0.05) is 0 Å². The van der Waals surface area contributed by atoms with Gasteiger partial charge in [-0.3, -0.25) is 0 Å². The summed E-state index contributed by atoms with van der Waals surface area (Å²) in [6, 6.07) is 2.23. The Kier molecular flexibility index (Phi) is 6.68. The summed E-state index contributed by atoms with van der Waals surface area (Å²) in [4.78, 5) is 0. The fourth-order valence-corrected chi connectivity index (χ4v) is 16.1. The Morgan fingerprint density at radius 1 is 0.455 bits per heavy atom. The molecule has 0 rings (SSSR count). The Balaban J connectivity index is 5.72. The predicted octanol–water partition coefficient (Wildman–Crippen LogP) is 8.56. The lowest BCUT2D eigenvalue weighted by molar-refractivity contribution is 0.612. The summed E-state index contributed by atoms with van der Waals surface area (Å²) >= 11 is 14.8. The fourth-order valence-electron chi connectivity index (χ4n) is 4.09. The fraction of sp³-hybridized carbons (Fsp3) is 1.00. The molecule has 0 aliphatic rings. The first-order valence-electron chi connectivity index (χ1n) is 8.59. The van der Waals surface area contributed by atoms with E-state index in [1.54, 1.807) is 0 Å². The molecule has 0 aromatic rings. The Bertz CT molecular complexity index is 310. The van der Waals surface area contributed by atoms with Gasteiger partial charge in [0.15, 0.2) is 14.8 Å². The predicted molar refractivity (Wildman–Crippen MR) is 112 cm³/mol. The highest BCUT2D eigenvalue weighted by molar-refractivity contribution is 7.26. The Morgan fingerprint density at radius 2 is 0.591 bits per heavy atom. The van der Waals surface area contributed by atoms with E-state index < -0.39 is 14.8 Å². The van der Waals surface area contributed by atoms with Crippen LogP contribution in [-0.4, -0.2) is 14.8 Å². The summed E-state index contributed by atoms with van der Waals surface area (Å²) in [5.41, 5.74) is 0. The molecule has 0 nitrogen and oxygen atoms in total. The van der Waals surface area contributed by atoms with E-state index >= 15 is 0 Å². The van der Waals surface area contributed by atoms with E-state index in [0.717, 1.165) is 12.1 Å². The van der Waals surface area contributed by atoms with Gasteiger partial charge in [-0.05, 0) is 32.2 Å². The van der Waals surface area contributed by atoms with Crippen LogP contribution in [0.4, 0.5) is 0 Å². The van der Waals surface area contributed by atoms with Crippen molar-refractivity contribution in [3.05, 3.63) is 0 Å². The van der Waals surface area contributed by atoms with Crippen molar-refractivity contribution in [1.82, 2.24) is 0 Å². The number of rotatable bonds is 3. The van der Waals surface area contributed by atoms with Crippen LogP contribution in [0.5, 0.6) is 0 Å². The van der Waals surface area contributed by atoms with Crippen LogP contribution in [0, 0.1) is 0 Å². The molecule has 0 bridgehead atoms. The lowest BCUT2D eigenvalue weighted by Gasteiger charge is -2.52. The van der Waals surface area contributed by atoms with Crippen molar-refractivity contribution in [2.24, 2.45) is 0 Å². The minimum atomic E-state index is -2.00. The highest BCUT2D eigenvalue weighted by Crippen LogP contribution is 2.61. The van der Waals surface area contributed by atoms with Crippen LogP contribution < -0.4 is 0 Å². The second-order valence-corrected chi connectivity index (χ2v) is 25.2. The normalized spacial score (nSPS) is 16.1. The van der Waals surface area contributed by atoms with Crippen LogP contribution in [0.1, 0.15) is 83.1 Å². The molecule has 134 valence electrons. The maximum absolute atomic E-state index is 7.40. The summed E-state index contributed by atoms with van der Waals surface area (Å²) in [6.45, 7) is 27.9. The van der Waals surface area contributed by atoms with E-state index in [1.165, 1.54) is 0 Å². The maximum atomic E-state index is 7.40. The molecule has 0 aromatic heterocycles. The van der Waals surface area contributed by atoms with Crippen LogP contribution in [-0.2, 0) is 0 Å². The minimum absolute atomic E-state index is 0.175. The van der Waals surface area contributed by atoms with Crippen molar-refractivity contribution in [2.75, 3.05) is 0 Å². The first-order valence-corrected chi connectivity index (χ1v) is 15.0. The van der Waals surface area contributed by atoms with Crippen LogP contribution >= 0.6 is 22.2 Å². The second kappa shape index (κ2) is 6.39. The molecule has 0 aliphatic carbocycles. The molecular formula is C18H40Cl2Si2. The first kappa shape index (κ1) is 23.0. The van der Waals surface area contributed by atoms with Crippen LogP contribution in [0.3, 0.4) is 0 Å². The summed E-state index contributed by atoms with van der Waals surface area (Å²) < 4.78 is 0. The van der Waals surface area contributed by atoms with Crippen molar-refractivity contribution in [3.8, 4) is 0 Å². The van der Waals surface area contributed by atoms with Crippen molar-refractivity contribution in [2.45, 2.75) is 115 Å². The third kappa shape index (κ3) is 4.34. The third-order valence-corrected chi connectivity index (χ3v) is 25.4. The van der Waals surface area contributed by atoms with Gasteiger partial charge in [0.05, 0.1) is 0 Å². The molecule has 0 radical (unpaired) electrons. The lowest BCUT2D eigenvalue weighted by atomic mass is 10.2. The zero-order valence-electron chi connectivity index (χ0n) is 17.2. The molecule has 0 saturated heterocycles. The van der Waals surface area contributed by atoms with Gasteiger partial charge in [0.25, 0.3) is 0 Å². The van der Waals surface area contributed by atoms with Crippen molar-refractivity contribution in [1.29, 1.82) is 0 Å². The molecule has 0 aromatic carbocycles. The van der Waals surface area contributed by atoms with Gasteiger partial charge in [-0.1, -0.05) is 83.1 Å². The molecule has 0 atom stereocenters. The zero-order valence-corrected chi connectivity index (χ0v) is 20.7. The van der Waals surface area contributed by atoms with Gasteiger partial charge in [-0.25, -0.2) is 0 Å². The van der Waals surface area contributed by atoms with Gasteiger partial charge in [0.1, 0.15) is 0 Å². The standard InChI is InChI=1S/C18H40Cl2Si2/c1-15(2,3)21(19,16(4,5)6)13-14-22(20,17(7,8)9)18(10,11)12/h13-14H2,1-12H3. The Labute approximate surface area is 152 Å². The van der Waals surface area contributed by atoms with Gasteiger partial charge < -0.3 is 0 Å². The van der Waals surface area contributed by atoms with Crippen LogP contribution in [0.2, 0.25) is 32.2 Å². The molecule has 0 N–H and O–H groups in total. The monoisotopic (exact) mass is 382 g/mol. The second-order valence-electron chi connectivity index (χ2n) is 11.1. The molecule has 0 aliphatic heterocycles. The molecule has 0 amide bonds. The highest BCUT2D eigenvalue weighted by Gasteiger charge is 2.57. The maximum Gasteiger partial charge on any atom is 0.166 e. The van der Waals surface area contributed by atoms with Crippen LogP contribution in [0.25, 0.3) is 0 Å². The Hall–Kier alpha value is 1.01. The quantitative estimate of drug-likeness (QED) is 0.338. The summed E-state index contributed by atoms with van der Waals surface area (Å²) in [6.07, 6.45) is 0. The minimum Gasteiger partial charge on any atom is -0.166 e. The van der Waals surface area contributed by atoms with Crippen molar-refractivity contribution in [3.63, 3.8) is 0 Å². The zero-order chi connectivity index (χ0) is 18.4. The van der Waals surface area contributed by atoms with Crippen molar-refractivity contribution >= 4 is 36.9 Å². The Morgan fingerprint density at radius 3 is 0.682 bits per heavy atom. The molecule has 0 heterocycles. The van der Waals surface area contributed by atoms with Gasteiger partial charge in [0.2, 0.25) is 0 Å². The highest BCUT2D eigenvalue weighted by atomic mass is 35.6. The average Bonchev–Trinajstić information content (AvgIpc) is 2.18. The van der Waals surface area contributed by atoms with E-state index in [0.29, 0.717) is 0 Å². The molecule has 0 fully saturated rings. The van der Waals surface area contributed by atoms with E-state index in [4.69, 9.17) is 22.2 Å². The molecule has 0 saturated carbocycles. The van der Waals surface area contributed by atoms with Gasteiger partial charge >= 0.3 is 0 Å². The largest absolute Gasteiger partial charge is 0.166 e. The van der Waals surface area contributed by atoms with Gasteiger partial charge in [-0.2, -0.15) is 22.2 Å². The van der Waals surface area contributed by atoms with E-state index in [-0.39, 0.29) is 20.2 Å². The van der Waals surface area contributed by atoms with E-state index in [2.05, 4.69) is 83.1 Å². The van der Waals surface area contributed by atoms with Crippen LogP contribution in [0.15, 0.2) is 0 Å². The SMILES string of the molecule is CC(C)(C)[Si](Cl)(CC[Si](Cl)(C(C)(C)C)C(C)(C)C)C(C)(C)C. The smallest absolute Gasteiger partial charge is 0.166 e. The number of halogens is 2. The molecule has 0 spiro atoms. The molecule has 0 unspecified atom stereocenters. The molecular weight excluding hydrogens is 343 g/mol. The number of hydrogen-bond donors (Lipinski definition) is 0. The molecule has 4 heteroatoms. The third-order valence-electron chi connectivity index (χ3n) is 5.57. The topological polar surface area (TPSA) is 0 Å². The summed E-state index contributed by atoms with van der Waals surface area (Å²) in [5.74, 6) is 0.